The number of carbonyl (C=O) groups is 1. The van der Waals surface area contributed by atoms with Gasteiger partial charge in [0.25, 0.3) is 0 Å². The highest BCUT2D eigenvalue weighted by molar-refractivity contribution is 5.72. The maximum Gasteiger partial charge on any atom is 0.332 e. The molecule has 2 N–H and O–H groups in total. The lowest BCUT2D eigenvalue weighted by molar-refractivity contribution is -0.149. The van der Waals surface area contributed by atoms with Gasteiger partial charge in [0.1, 0.15) is 0 Å². The predicted octanol–water partition coefficient (Wildman–Crippen LogP) is 1.54. The summed E-state index contributed by atoms with van der Waals surface area (Å²) in [6.45, 7) is 3.01. The van der Waals surface area contributed by atoms with Crippen LogP contribution in [0.2, 0.25) is 0 Å². The first kappa shape index (κ1) is 11.9. The lowest BCUT2D eigenvalue weighted by Gasteiger charge is -2.43. The standard InChI is InChI=1S/C12H21NO3/c1-2-12(6-3-7-12)13-8-9-4-5-10(16-9)11(14)15/h9-10,13H,2-8H2,1H3,(H,14,15). The van der Waals surface area contributed by atoms with E-state index in [2.05, 4.69) is 12.2 Å². The predicted molar refractivity (Wildman–Crippen MR) is 60.4 cm³/mol. The molecule has 2 aliphatic rings. The van der Waals surface area contributed by atoms with Crippen molar-refractivity contribution in [2.24, 2.45) is 0 Å². The molecule has 1 saturated heterocycles. The molecule has 1 aliphatic heterocycles. The summed E-state index contributed by atoms with van der Waals surface area (Å²) in [4.78, 5) is 10.7. The van der Waals surface area contributed by atoms with Crippen molar-refractivity contribution in [1.82, 2.24) is 5.32 Å². The highest BCUT2D eigenvalue weighted by atomic mass is 16.5. The van der Waals surface area contributed by atoms with E-state index in [1.54, 1.807) is 0 Å². The van der Waals surface area contributed by atoms with Gasteiger partial charge in [-0.1, -0.05) is 6.92 Å². The summed E-state index contributed by atoms with van der Waals surface area (Å²) in [7, 11) is 0. The van der Waals surface area contributed by atoms with E-state index in [0.29, 0.717) is 12.0 Å². The fourth-order valence-electron chi connectivity index (χ4n) is 2.63. The van der Waals surface area contributed by atoms with Crippen LogP contribution in [0.3, 0.4) is 0 Å². The van der Waals surface area contributed by atoms with Crippen molar-refractivity contribution in [3.63, 3.8) is 0 Å². The molecule has 0 aromatic carbocycles. The molecule has 1 saturated carbocycles. The van der Waals surface area contributed by atoms with Crippen molar-refractivity contribution < 1.29 is 14.6 Å². The van der Waals surface area contributed by atoms with Crippen LogP contribution >= 0.6 is 0 Å². The van der Waals surface area contributed by atoms with Gasteiger partial charge in [0, 0.05) is 12.1 Å². The molecule has 4 nitrogen and oxygen atoms in total. The average molecular weight is 227 g/mol. The smallest absolute Gasteiger partial charge is 0.332 e. The van der Waals surface area contributed by atoms with Crippen molar-refractivity contribution in [2.75, 3.05) is 6.54 Å². The Balaban J connectivity index is 1.73. The Bertz CT molecular complexity index is 257. The van der Waals surface area contributed by atoms with Crippen LogP contribution in [0.1, 0.15) is 45.4 Å². The van der Waals surface area contributed by atoms with Gasteiger partial charge >= 0.3 is 5.97 Å². The molecule has 0 bridgehead atoms. The third kappa shape index (κ3) is 2.38. The quantitative estimate of drug-likeness (QED) is 0.748. The van der Waals surface area contributed by atoms with Crippen LogP contribution in [0.15, 0.2) is 0 Å². The van der Waals surface area contributed by atoms with Crippen LogP contribution in [0.4, 0.5) is 0 Å². The molecule has 2 atom stereocenters. The van der Waals surface area contributed by atoms with Gasteiger partial charge in [-0.25, -0.2) is 4.79 Å². The largest absolute Gasteiger partial charge is 0.479 e. The Kier molecular flexibility index (Phi) is 3.50. The van der Waals surface area contributed by atoms with E-state index in [-0.39, 0.29) is 6.10 Å². The number of nitrogens with one attached hydrogen (secondary N) is 1. The maximum atomic E-state index is 10.7. The maximum absolute atomic E-state index is 10.7. The number of hydrogen-bond acceptors (Lipinski definition) is 3. The molecule has 0 amide bonds. The molecule has 2 rings (SSSR count). The van der Waals surface area contributed by atoms with E-state index in [9.17, 15) is 4.79 Å². The Labute approximate surface area is 96.4 Å². The molecular formula is C12H21NO3. The highest BCUT2D eigenvalue weighted by Gasteiger charge is 2.36. The monoisotopic (exact) mass is 227 g/mol. The molecule has 16 heavy (non-hydrogen) atoms. The van der Waals surface area contributed by atoms with Gasteiger partial charge in [-0.15, -0.1) is 0 Å². The van der Waals surface area contributed by atoms with Gasteiger partial charge in [-0.05, 0) is 38.5 Å². The van der Waals surface area contributed by atoms with E-state index in [1.807, 2.05) is 0 Å². The Morgan fingerprint density at radius 1 is 1.50 bits per heavy atom. The number of aliphatic carboxylic acids is 1. The zero-order valence-electron chi connectivity index (χ0n) is 9.87. The highest BCUT2D eigenvalue weighted by Crippen LogP contribution is 2.34. The van der Waals surface area contributed by atoms with Crippen LogP contribution < -0.4 is 5.32 Å². The van der Waals surface area contributed by atoms with Gasteiger partial charge in [0.2, 0.25) is 0 Å². The Morgan fingerprint density at radius 2 is 2.25 bits per heavy atom. The molecule has 2 fully saturated rings. The van der Waals surface area contributed by atoms with Crippen LogP contribution in [0.5, 0.6) is 0 Å². The van der Waals surface area contributed by atoms with Crippen LogP contribution in [0.25, 0.3) is 0 Å². The van der Waals surface area contributed by atoms with Gasteiger partial charge in [-0.3, -0.25) is 0 Å². The normalized spacial score (nSPS) is 32.3. The lowest BCUT2D eigenvalue weighted by atomic mass is 9.75. The molecule has 0 aromatic heterocycles. The van der Waals surface area contributed by atoms with Crippen LogP contribution in [-0.2, 0) is 9.53 Å². The number of ether oxygens (including phenoxy) is 1. The summed E-state index contributed by atoms with van der Waals surface area (Å²) in [5.41, 5.74) is 0.324. The molecule has 0 radical (unpaired) electrons. The summed E-state index contributed by atoms with van der Waals surface area (Å²) < 4.78 is 5.47. The van der Waals surface area contributed by atoms with Crippen molar-refractivity contribution in [1.29, 1.82) is 0 Å². The van der Waals surface area contributed by atoms with Crippen molar-refractivity contribution >= 4 is 5.97 Å². The van der Waals surface area contributed by atoms with Gasteiger partial charge < -0.3 is 15.2 Å². The van der Waals surface area contributed by atoms with Gasteiger partial charge in [0.15, 0.2) is 6.10 Å². The Morgan fingerprint density at radius 3 is 2.69 bits per heavy atom. The van der Waals surface area contributed by atoms with E-state index in [4.69, 9.17) is 9.84 Å². The fourth-order valence-corrected chi connectivity index (χ4v) is 2.63. The SMILES string of the molecule is CCC1(NCC2CCC(C(=O)O)O2)CCC1. The van der Waals surface area contributed by atoms with E-state index in [0.717, 1.165) is 19.4 Å². The first-order valence-corrected chi connectivity index (χ1v) is 6.28. The molecule has 1 aliphatic carbocycles. The summed E-state index contributed by atoms with van der Waals surface area (Å²) in [6, 6.07) is 0. The number of hydrogen-bond donors (Lipinski definition) is 2. The molecule has 0 spiro atoms. The fraction of sp³-hybridized carbons (Fsp3) is 0.917. The minimum absolute atomic E-state index is 0.0881. The zero-order chi connectivity index (χ0) is 11.6. The molecule has 92 valence electrons. The molecular weight excluding hydrogens is 206 g/mol. The second-order valence-corrected chi connectivity index (χ2v) is 5.03. The second kappa shape index (κ2) is 4.72. The van der Waals surface area contributed by atoms with Crippen molar-refractivity contribution in [2.45, 2.75) is 63.2 Å². The summed E-state index contributed by atoms with van der Waals surface area (Å²) >= 11 is 0. The molecule has 1 heterocycles. The zero-order valence-corrected chi connectivity index (χ0v) is 9.87. The van der Waals surface area contributed by atoms with Crippen molar-refractivity contribution in [3.05, 3.63) is 0 Å². The molecule has 0 aromatic rings. The topological polar surface area (TPSA) is 58.6 Å². The summed E-state index contributed by atoms with van der Waals surface area (Å²) in [6.07, 6.45) is 5.99. The van der Waals surface area contributed by atoms with E-state index in [1.165, 1.54) is 19.3 Å². The second-order valence-electron chi connectivity index (χ2n) is 5.03. The third-order valence-electron chi connectivity index (χ3n) is 4.08. The molecule has 2 unspecified atom stereocenters. The Hall–Kier alpha value is -0.610. The number of carboxylic acids is 1. The van der Waals surface area contributed by atoms with Gasteiger partial charge in [-0.2, -0.15) is 0 Å². The van der Waals surface area contributed by atoms with Crippen LogP contribution in [-0.4, -0.2) is 35.4 Å². The van der Waals surface area contributed by atoms with Gasteiger partial charge in [0.05, 0.1) is 6.10 Å². The number of carboxylic acid groups (broad SMARTS) is 1. The summed E-state index contributed by atoms with van der Waals surface area (Å²) in [5.74, 6) is -0.823. The van der Waals surface area contributed by atoms with Crippen molar-refractivity contribution in [3.8, 4) is 0 Å². The third-order valence-corrected chi connectivity index (χ3v) is 4.08. The molecule has 4 heteroatoms. The summed E-state index contributed by atoms with van der Waals surface area (Å²) in [5, 5.41) is 12.4. The minimum Gasteiger partial charge on any atom is -0.479 e. The minimum atomic E-state index is -0.823. The lowest BCUT2D eigenvalue weighted by Crippen LogP contribution is -2.52. The number of rotatable bonds is 5. The van der Waals surface area contributed by atoms with E-state index < -0.39 is 12.1 Å². The van der Waals surface area contributed by atoms with Crippen LogP contribution in [0, 0.1) is 0 Å². The first-order valence-electron chi connectivity index (χ1n) is 6.28. The van der Waals surface area contributed by atoms with E-state index >= 15 is 0 Å². The first-order chi connectivity index (χ1) is 7.65. The average Bonchev–Trinajstić information content (AvgIpc) is 2.65.